The van der Waals surface area contributed by atoms with Crippen LogP contribution in [0.15, 0.2) is 18.2 Å². The van der Waals surface area contributed by atoms with Crippen molar-refractivity contribution in [3.05, 3.63) is 35.0 Å². The van der Waals surface area contributed by atoms with Gasteiger partial charge in [-0.3, -0.25) is 4.98 Å². The number of aromatic nitrogens is 1. The molecule has 0 radical (unpaired) electrons. The molecule has 1 N–H and O–H groups in total. The fraction of sp³-hybridized carbons (Fsp3) is 0.600. The minimum Gasteiger partial charge on any atom is -0.545 e. The van der Waals surface area contributed by atoms with E-state index in [4.69, 9.17) is 4.98 Å². The second kappa shape index (κ2) is 9.60. The second-order valence-corrected chi connectivity index (χ2v) is 8.89. The number of carbonyl (C=O) groups is 1. The largest absolute Gasteiger partial charge is 0.545 e. The van der Waals surface area contributed by atoms with Gasteiger partial charge in [0.05, 0.1) is 11.5 Å². The van der Waals surface area contributed by atoms with Crippen molar-refractivity contribution in [1.29, 1.82) is 0 Å². The van der Waals surface area contributed by atoms with Crippen molar-refractivity contribution >= 4 is 22.6 Å². The van der Waals surface area contributed by atoms with Gasteiger partial charge < -0.3 is 15.2 Å². The van der Waals surface area contributed by atoms with Crippen molar-refractivity contribution in [2.24, 2.45) is 0 Å². The Morgan fingerprint density at radius 2 is 1.55 bits per heavy atom. The van der Waals surface area contributed by atoms with Crippen LogP contribution in [0.3, 0.4) is 0 Å². The fourth-order valence-electron chi connectivity index (χ4n) is 5.07. The van der Waals surface area contributed by atoms with Crippen LogP contribution in [0.1, 0.15) is 98.7 Å². The highest BCUT2D eigenvalue weighted by molar-refractivity contribution is 5.99. The highest BCUT2D eigenvalue weighted by Crippen LogP contribution is 2.36. The number of fused-ring (bicyclic) bond motifs is 2. The summed E-state index contributed by atoms with van der Waals surface area (Å²) in [6.45, 7) is 0. The molecule has 0 unspecified atom stereocenters. The highest BCUT2D eigenvalue weighted by Gasteiger charge is 2.22. The molecule has 29 heavy (non-hydrogen) atoms. The molecule has 4 nitrogen and oxygen atoms in total. The molecular weight excluding hydrogens is 360 g/mol. The van der Waals surface area contributed by atoms with E-state index in [1.54, 1.807) is 12.1 Å². The zero-order chi connectivity index (χ0) is 20.1. The Hall–Kier alpha value is -2.10. The number of nitrogens with one attached hydrogen (secondary N) is 1. The average Bonchev–Trinajstić information content (AvgIpc) is 3.17. The number of carboxylic acid groups (broad SMARTS) is 1. The first kappa shape index (κ1) is 20.2. The maximum Gasteiger partial charge on any atom is 0.0726 e. The van der Waals surface area contributed by atoms with Gasteiger partial charge in [-0.05, 0) is 55.4 Å². The van der Waals surface area contributed by atoms with Gasteiger partial charge in [-0.25, -0.2) is 0 Å². The first-order valence-electron chi connectivity index (χ1n) is 11.7. The smallest absolute Gasteiger partial charge is 0.0726 e. The van der Waals surface area contributed by atoms with E-state index in [-0.39, 0.29) is 5.56 Å². The number of carbonyl (C=O) groups excluding carboxylic acids is 1. The summed E-state index contributed by atoms with van der Waals surface area (Å²) < 4.78 is 0. The van der Waals surface area contributed by atoms with Gasteiger partial charge in [-0.15, -0.1) is 0 Å². The van der Waals surface area contributed by atoms with E-state index in [0.29, 0.717) is 6.04 Å². The van der Waals surface area contributed by atoms with Crippen molar-refractivity contribution in [2.45, 2.75) is 95.9 Å². The van der Waals surface area contributed by atoms with Crippen LogP contribution in [0.5, 0.6) is 0 Å². The summed E-state index contributed by atoms with van der Waals surface area (Å²) in [7, 11) is 0. The van der Waals surface area contributed by atoms with Gasteiger partial charge in [0.15, 0.2) is 0 Å². The number of hydrogen-bond acceptors (Lipinski definition) is 4. The lowest BCUT2D eigenvalue weighted by Gasteiger charge is -2.24. The minimum absolute atomic E-state index is 0.235. The number of benzene rings is 1. The Labute approximate surface area is 174 Å². The molecule has 0 bridgehead atoms. The monoisotopic (exact) mass is 393 g/mol. The molecule has 1 aromatic carbocycles. The Balaban J connectivity index is 1.63. The van der Waals surface area contributed by atoms with E-state index in [1.165, 1.54) is 81.9 Å². The van der Waals surface area contributed by atoms with Gasteiger partial charge in [0.1, 0.15) is 0 Å². The molecule has 0 amide bonds. The van der Waals surface area contributed by atoms with E-state index in [1.807, 2.05) is 6.07 Å². The first-order valence-corrected chi connectivity index (χ1v) is 11.7. The maximum atomic E-state index is 11.4. The van der Waals surface area contributed by atoms with Gasteiger partial charge in [0.25, 0.3) is 0 Å². The molecule has 4 heteroatoms. The van der Waals surface area contributed by atoms with Crippen molar-refractivity contribution in [3.8, 4) is 0 Å². The third kappa shape index (κ3) is 4.91. The van der Waals surface area contributed by atoms with Crippen LogP contribution in [0.4, 0.5) is 5.69 Å². The molecule has 1 heterocycles. The number of rotatable bonds is 3. The van der Waals surface area contributed by atoms with Crippen molar-refractivity contribution in [2.75, 3.05) is 5.32 Å². The summed E-state index contributed by atoms with van der Waals surface area (Å²) in [5.41, 5.74) is 4.77. The standard InChI is InChI=1S/C25H34N2O2/c28-25(29)18-15-16-23-21(17-18)24(20-13-10-14-22(20)27-23)26-19-11-8-6-4-2-1-3-5-7-9-12-19/h15-17,19H,1-14H2,(H,26,27)(H,28,29)/p-1. The number of nitrogens with zero attached hydrogens (tertiary/aromatic N) is 1. The molecule has 0 atom stereocenters. The van der Waals surface area contributed by atoms with E-state index >= 15 is 0 Å². The Morgan fingerprint density at radius 3 is 2.21 bits per heavy atom. The quantitative estimate of drug-likeness (QED) is 0.781. The summed E-state index contributed by atoms with van der Waals surface area (Å²) in [6, 6.07) is 5.67. The molecule has 2 aromatic rings. The zero-order valence-corrected chi connectivity index (χ0v) is 17.5. The van der Waals surface area contributed by atoms with Crippen molar-refractivity contribution in [3.63, 3.8) is 0 Å². The Bertz CT molecular complexity index is 850. The molecule has 2 aliphatic carbocycles. The first-order chi connectivity index (χ1) is 14.2. The van der Waals surface area contributed by atoms with E-state index < -0.39 is 5.97 Å². The second-order valence-electron chi connectivity index (χ2n) is 8.89. The van der Waals surface area contributed by atoms with E-state index in [9.17, 15) is 9.90 Å². The summed E-state index contributed by atoms with van der Waals surface area (Å²) in [5, 5.41) is 16.3. The molecule has 1 aromatic heterocycles. The van der Waals surface area contributed by atoms with Crippen LogP contribution in [0.25, 0.3) is 10.9 Å². The van der Waals surface area contributed by atoms with Crippen LogP contribution in [-0.2, 0) is 12.8 Å². The summed E-state index contributed by atoms with van der Waals surface area (Å²) >= 11 is 0. The SMILES string of the molecule is O=C([O-])c1ccc2nc3c(c(NC4CCCCCCCCCCC4)c2c1)CCC3. The Morgan fingerprint density at radius 1 is 0.897 bits per heavy atom. The molecule has 0 spiro atoms. The molecule has 1 fully saturated rings. The van der Waals surface area contributed by atoms with E-state index in [2.05, 4.69) is 5.32 Å². The van der Waals surface area contributed by atoms with Crippen LogP contribution in [-0.4, -0.2) is 17.0 Å². The number of anilines is 1. The van der Waals surface area contributed by atoms with Gasteiger partial charge >= 0.3 is 0 Å². The Kier molecular flexibility index (Phi) is 6.68. The average molecular weight is 394 g/mol. The maximum absolute atomic E-state index is 11.4. The van der Waals surface area contributed by atoms with Crippen LogP contribution in [0, 0.1) is 0 Å². The normalized spacial score (nSPS) is 19.3. The number of aryl methyl sites for hydroxylation is 1. The summed E-state index contributed by atoms with van der Waals surface area (Å²) in [4.78, 5) is 16.3. The van der Waals surface area contributed by atoms with E-state index in [0.717, 1.165) is 35.9 Å². The fourth-order valence-corrected chi connectivity index (χ4v) is 5.07. The lowest BCUT2D eigenvalue weighted by molar-refractivity contribution is -0.255. The van der Waals surface area contributed by atoms with Crippen LogP contribution >= 0.6 is 0 Å². The lowest BCUT2D eigenvalue weighted by atomic mass is 9.96. The topological polar surface area (TPSA) is 65.0 Å². The molecule has 2 aliphatic rings. The molecule has 0 saturated heterocycles. The third-order valence-electron chi connectivity index (χ3n) is 6.70. The van der Waals surface area contributed by atoms with Crippen molar-refractivity contribution < 1.29 is 9.90 Å². The molecule has 1 saturated carbocycles. The summed E-state index contributed by atoms with van der Waals surface area (Å²) in [6.07, 6.45) is 17.6. The van der Waals surface area contributed by atoms with Gasteiger partial charge in [-0.1, -0.05) is 63.9 Å². The van der Waals surface area contributed by atoms with Crippen molar-refractivity contribution in [1.82, 2.24) is 4.98 Å². The predicted molar refractivity (Wildman–Crippen MR) is 116 cm³/mol. The molecule has 156 valence electrons. The van der Waals surface area contributed by atoms with Gasteiger partial charge in [0, 0.05) is 22.8 Å². The minimum atomic E-state index is -1.12. The number of aromatic carboxylic acids is 1. The van der Waals surface area contributed by atoms with Crippen LogP contribution < -0.4 is 10.4 Å². The number of hydrogen-bond donors (Lipinski definition) is 1. The molecule has 4 rings (SSSR count). The summed E-state index contributed by atoms with van der Waals surface area (Å²) in [5.74, 6) is -1.12. The van der Waals surface area contributed by atoms with Crippen LogP contribution in [0.2, 0.25) is 0 Å². The molecular formula is C25H33N2O2-. The van der Waals surface area contributed by atoms with Gasteiger partial charge in [-0.2, -0.15) is 0 Å². The number of carboxylic acids is 1. The van der Waals surface area contributed by atoms with Gasteiger partial charge in [0.2, 0.25) is 0 Å². The lowest BCUT2D eigenvalue weighted by Crippen LogP contribution is -2.23. The third-order valence-corrected chi connectivity index (χ3v) is 6.70. The predicted octanol–water partition coefficient (Wildman–Crippen LogP) is 5.17. The highest BCUT2D eigenvalue weighted by atomic mass is 16.4. The number of pyridine rings is 1. The molecule has 0 aliphatic heterocycles. The zero-order valence-electron chi connectivity index (χ0n) is 17.5.